The van der Waals surface area contributed by atoms with E-state index in [9.17, 15) is 0 Å². The zero-order valence-corrected chi connectivity index (χ0v) is 18.3. The molecule has 0 bridgehead atoms. The van der Waals surface area contributed by atoms with Crippen molar-refractivity contribution in [2.24, 2.45) is 0 Å². The average Bonchev–Trinajstić information content (AvgIpc) is 3.11. The van der Waals surface area contributed by atoms with Gasteiger partial charge in [-0.15, -0.1) is 0 Å². The van der Waals surface area contributed by atoms with Gasteiger partial charge in [0.15, 0.2) is 5.65 Å². The first kappa shape index (κ1) is 19.3. The van der Waals surface area contributed by atoms with Gasteiger partial charge >= 0.3 is 0 Å². The number of aryl methyl sites for hydroxylation is 2. The molecular formula is C23H30N6O. The van der Waals surface area contributed by atoms with Gasteiger partial charge < -0.3 is 14.5 Å². The number of benzene rings is 1. The molecule has 0 amide bonds. The lowest BCUT2D eigenvalue weighted by Crippen LogP contribution is -2.63. The summed E-state index contributed by atoms with van der Waals surface area (Å²) in [5, 5.41) is 4.60. The minimum atomic E-state index is 0.660. The molecule has 0 spiro atoms. The van der Waals surface area contributed by atoms with E-state index in [0.29, 0.717) is 6.04 Å². The van der Waals surface area contributed by atoms with Crippen LogP contribution < -0.4 is 9.64 Å². The molecule has 2 fully saturated rings. The van der Waals surface area contributed by atoms with Crippen molar-refractivity contribution in [3.63, 3.8) is 0 Å². The lowest BCUT2D eigenvalue weighted by molar-refractivity contribution is 0.0963. The number of hydrogen-bond acceptors (Lipinski definition) is 6. The molecule has 0 radical (unpaired) electrons. The highest BCUT2D eigenvalue weighted by atomic mass is 16.5. The third-order valence-electron chi connectivity index (χ3n) is 6.60. The van der Waals surface area contributed by atoms with Crippen LogP contribution in [0.2, 0.25) is 0 Å². The van der Waals surface area contributed by atoms with Crippen LogP contribution in [-0.4, -0.2) is 83.9 Å². The number of likely N-dealkylation sites (N-methyl/N-ethyl adjacent to an activating group) is 1. The third-order valence-corrected chi connectivity index (χ3v) is 6.60. The first-order valence-electron chi connectivity index (χ1n) is 10.7. The Morgan fingerprint density at radius 2 is 1.70 bits per heavy atom. The Morgan fingerprint density at radius 1 is 1.00 bits per heavy atom. The zero-order valence-electron chi connectivity index (χ0n) is 18.3. The van der Waals surface area contributed by atoms with Crippen LogP contribution in [0.3, 0.4) is 0 Å². The summed E-state index contributed by atoms with van der Waals surface area (Å²) in [6.45, 7) is 11.0. The number of methoxy groups -OCH3 is 1. The standard InChI is InChI=1S/C23H30N6O/c1-16-9-18(10-17(2)22(16)30-4)21-12-25-29-15-19(11-24-23(21)29)28-13-20(14-28)27-7-5-26(3)6-8-27/h9-12,15,20H,5-8,13-14H2,1-4H3. The normalized spacial score (nSPS) is 18.7. The highest BCUT2D eigenvalue weighted by Gasteiger charge is 2.33. The first-order valence-corrected chi connectivity index (χ1v) is 10.7. The van der Waals surface area contributed by atoms with Crippen LogP contribution in [0.15, 0.2) is 30.7 Å². The fourth-order valence-electron chi connectivity index (χ4n) is 4.74. The fraction of sp³-hybridized carbons (Fsp3) is 0.478. The molecule has 158 valence electrons. The molecule has 5 rings (SSSR count). The van der Waals surface area contributed by atoms with Crippen LogP contribution in [0.5, 0.6) is 5.75 Å². The molecule has 30 heavy (non-hydrogen) atoms. The summed E-state index contributed by atoms with van der Waals surface area (Å²) >= 11 is 0. The molecule has 2 saturated heterocycles. The van der Waals surface area contributed by atoms with Crippen LogP contribution in [0.4, 0.5) is 5.69 Å². The average molecular weight is 407 g/mol. The number of nitrogens with zero attached hydrogens (tertiary/aromatic N) is 6. The van der Waals surface area contributed by atoms with Gasteiger partial charge in [0.1, 0.15) is 5.75 Å². The smallest absolute Gasteiger partial charge is 0.162 e. The Morgan fingerprint density at radius 3 is 2.37 bits per heavy atom. The maximum atomic E-state index is 5.51. The summed E-state index contributed by atoms with van der Waals surface area (Å²) in [5.41, 5.74) is 6.45. The fourth-order valence-corrected chi connectivity index (χ4v) is 4.74. The highest BCUT2D eigenvalue weighted by molar-refractivity contribution is 5.79. The largest absolute Gasteiger partial charge is 0.496 e. The highest BCUT2D eigenvalue weighted by Crippen LogP contribution is 2.32. The van der Waals surface area contributed by atoms with Crippen LogP contribution in [0, 0.1) is 13.8 Å². The van der Waals surface area contributed by atoms with Crippen LogP contribution in [0.1, 0.15) is 11.1 Å². The van der Waals surface area contributed by atoms with E-state index < -0.39 is 0 Å². The van der Waals surface area contributed by atoms with E-state index in [4.69, 9.17) is 9.72 Å². The molecule has 0 unspecified atom stereocenters. The lowest BCUT2D eigenvalue weighted by atomic mass is 10.0. The molecule has 0 saturated carbocycles. The summed E-state index contributed by atoms with van der Waals surface area (Å²) in [6.07, 6.45) is 6.01. The second-order valence-corrected chi connectivity index (χ2v) is 8.68. The zero-order chi connectivity index (χ0) is 20.8. The molecule has 0 N–H and O–H groups in total. The van der Waals surface area contributed by atoms with Gasteiger partial charge in [0.2, 0.25) is 0 Å². The van der Waals surface area contributed by atoms with Gasteiger partial charge in [-0.2, -0.15) is 5.10 Å². The summed E-state index contributed by atoms with van der Waals surface area (Å²) in [4.78, 5) is 12.2. The molecule has 7 nitrogen and oxygen atoms in total. The topological polar surface area (TPSA) is 49.1 Å². The van der Waals surface area contributed by atoms with Crippen LogP contribution in [-0.2, 0) is 0 Å². The third kappa shape index (κ3) is 3.32. The van der Waals surface area contributed by atoms with E-state index >= 15 is 0 Å². The Kier molecular flexibility index (Phi) is 4.87. The summed E-state index contributed by atoms with van der Waals surface area (Å²) < 4.78 is 7.41. The van der Waals surface area contributed by atoms with E-state index in [1.165, 1.54) is 26.2 Å². The number of hydrogen-bond donors (Lipinski definition) is 0. The Labute approximate surface area is 177 Å². The van der Waals surface area contributed by atoms with E-state index in [-0.39, 0.29) is 0 Å². The second-order valence-electron chi connectivity index (χ2n) is 8.68. The summed E-state index contributed by atoms with van der Waals surface area (Å²) in [5.74, 6) is 0.943. The first-order chi connectivity index (χ1) is 14.5. The molecule has 4 heterocycles. The van der Waals surface area contributed by atoms with Gasteiger partial charge in [0.25, 0.3) is 0 Å². The predicted molar refractivity (Wildman–Crippen MR) is 120 cm³/mol. The monoisotopic (exact) mass is 406 g/mol. The van der Waals surface area contributed by atoms with Crippen molar-refractivity contribution in [2.75, 3.05) is 58.3 Å². The van der Waals surface area contributed by atoms with E-state index in [2.05, 4.69) is 59.0 Å². The Bertz CT molecular complexity index is 1040. The molecule has 0 atom stereocenters. The molecule has 0 aliphatic carbocycles. The number of fused-ring (bicyclic) bond motifs is 1. The maximum Gasteiger partial charge on any atom is 0.162 e. The minimum absolute atomic E-state index is 0.660. The number of ether oxygens (including phenoxy) is 1. The van der Waals surface area contributed by atoms with Crippen molar-refractivity contribution in [3.05, 3.63) is 41.9 Å². The Balaban J connectivity index is 1.34. The van der Waals surface area contributed by atoms with E-state index in [1.807, 2.05) is 16.9 Å². The lowest BCUT2D eigenvalue weighted by Gasteiger charge is -2.48. The van der Waals surface area contributed by atoms with Gasteiger partial charge in [0, 0.05) is 50.9 Å². The number of anilines is 1. The van der Waals surface area contributed by atoms with Crippen LogP contribution in [0.25, 0.3) is 16.8 Å². The summed E-state index contributed by atoms with van der Waals surface area (Å²) in [6, 6.07) is 4.95. The van der Waals surface area contributed by atoms with Crippen LogP contribution >= 0.6 is 0 Å². The SMILES string of the molecule is COc1c(C)cc(-c2cnn3cc(N4CC(N5CCN(C)CC5)C4)cnc23)cc1C. The minimum Gasteiger partial charge on any atom is -0.496 e. The number of aromatic nitrogens is 3. The van der Waals surface area contributed by atoms with Crippen molar-refractivity contribution in [3.8, 4) is 16.9 Å². The van der Waals surface area contributed by atoms with E-state index in [1.54, 1.807) is 7.11 Å². The second kappa shape index (κ2) is 7.56. The molecule has 2 aliphatic heterocycles. The maximum absolute atomic E-state index is 5.51. The molecule has 7 heteroatoms. The number of piperazine rings is 1. The van der Waals surface area contributed by atoms with Crippen molar-refractivity contribution in [2.45, 2.75) is 19.9 Å². The van der Waals surface area contributed by atoms with Gasteiger partial charge in [-0.25, -0.2) is 9.50 Å². The molecular weight excluding hydrogens is 376 g/mol. The van der Waals surface area contributed by atoms with Crippen molar-refractivity contribution < 1.29 is 4.74 Å². The van der Waals surface area contributed by atoms with Gasteiger partial charge in [-0.3, -0.25) is 4.90 Å². The molecule has 2 aliphatic rings. The quantitative estimate of drug-likeness (QED) is 0.663. The predicted octanol–water partition coefficient (Wildman–Crippen LogP) is 2.46. The molecule has 3 aromatic rings. The molecule has 2 aromatic heterocycles. The van der Waals surface area contributed by atoms with Crippen molar-refractivity contribution >= 4 is 11.3 Å². The van der Waals surface area contributed by atoms with Gasteiger partial charge in [-0.05, 0) is 49.7 Å². The number of rotatable bonds is 4. The Hall–Kier alpha value is -2.64. The van der Waals surface area contributed by atoms with Crippen molar-refractivity contribution in [1.29, 1.82) is 0 Å². The van der Waals surface area contributed by atoms with Gasteiger partial charge in [-0.1, -0.05) is 0 Å². The summed E-state index contributed by atoms with van der Waals surface area (Å²) in [7, 11) is 3.93. The van der Waals surface area contributed by atoms with Crippen molar-refractivity contribution in [1.82, 2.24) is 24.4 Å². The molecule has 1 aromatic carbocycles. The van der Waals surface area contributed by atoms with Gasteiger partial charge in [0.05, 0.1) is 31.4 Å². The van der Waals surface area contributed by atoms with E-state index in [0.717, 1.165) is 52.4 Å².